The number of likely N-dealkylation sites (tertiary alicyclic amines) is 1. The maximum atomic E-state index is 12.0. The molecule has 1 atom stereocenters. The van der Waals surface area contributed by atoms with Crippen molar-refractivity contribution in [3.8, 4) is 11.3 Å². The third kappa shape index (κ3) is 5.82. The molecule has 3 heterocycles. The standard InChI is InChI=1S/C28H34N6O3S/c1-20(35)19-33-15-13-22(14-16-33)21-7-9-24(10-8-21)30-28-29-18-26-11-12-27(34(26)31-28)23-5-4-6-25(17-23)32(2)38(3,36)37/h4-12,17-18,20,22,35H,13-16,19H2,1-3H3,(H,30,31)/t20-/m0/s1. The van der Waals surface area contributed by atoms with Gasteiger partial charge in [0.1, 0.15) is 0 Å². The molecule has 4 aromatic rings. The van der Waals surface area contributed by atoms with Crippen molar-refractivity contribution in [2.45, 2.75) is 31.8 Å². The number of anilines is 3. The van der Waals surface area contributed by atoms with Crippen LogP contribution in [0.25, 0.3) is 16.8 Å². The topological polar surface area (TPSA) is 103 Å². The molecule has 1 aliphatic heterocycles. The number of aliphatic hydroxyl groups excluding tert-OH is 1. The first-order valence-corrected chi connectivity index (χ1v) is 14.7. The van der Waals surface area contributed by atoms with Crippen molar-refractivity contribution in [3.63, 3.8) is 0 Å². The highest BCUT2D eigenvalue weighted by Gasteiger charge is 2.21. The van der Waals surface area contributed by atoms with Crippen LogP contribution in [0.1, 0.15) is 31.2 Å². The van der Waals surface area contributed by atoms with Crippen molar-refractivity contribution < 1.29 is 13.5 Å². The number of rotatable bonds is 8. The van der Waals surface area contributed by atoms with Gasteiger partial charge in [-0.2, -0.15) is 0 Å². The fourth-order valence-electron chi connectivity index (χ4n) is 5.02. The molecule has 1 fully saturated rings. The van der Waals surface area contributed by atoms with E-state index in [4.69, 9.17) is 5.10 Å². The van der Waals surface area contributed by atoms with Gasteiger partial charge < -0.3 is 15.3 Å². The van der Waals surface area contributed by atoms with Gasteiger partial charge >= 0.3 is 0 Å². The fraction of sp³-hybridized carbons (Fsp3) is 0.357. The molecule has 0 saturated carbocycles. The van der Waals surface area contributed by atoms with E-state index >= 15 is 0 Å². The van der Waals surface area contributed by atoms with Gasteiger partial charge in [0.05, 0.1) is 35.5 Å². The number of aromatic nitrogens is 3. The molecule has 0 unspecified atom stereocenters. The summed E-state index contributed by atoms with van der Waals surface area (Å²) in [6, 6.07) is 19.7. The van der Waals surface area contributed by atoms with Gasteiger partial charge in [0.25, 0.3) is 0 Å². The summed E-state index contributed by atoms with van der Waals surface area (Å²) in [6.45, 7) is 4.60. The Hall–Kier alpha value is -3.47. The number of benzene rings is 2. The predicted molar refractivity (Wildman–Crippen MR) is 151 cm³/mol. The summed E-state index contributed by atoms with van der Waals surface area (Å²) in [7, 11) is -1.82. The minimum absolute atomic E-state index is 0.285. The first-order valence-electron chi connectivity index (χ1n) is 12.8. The van der Waals surface area contributed by atoms with Gasteiger partial charge in [0.15, 0.2) is 0 Å². The quantitative estimate of drug-likeness (QED) is 0.351. The van der Waals surface area contributed by atoms with E-state index in [1.54, 1.807) is 19.3 Å². The van der Waals surface area contributed by atoms with Crippen LogP contribution in [0, 0.1) is 0 Å². The predicted octanol–water partition coefficient (Wildman–Crippen LogP) is 4.10. The van der Waals surface area contributed by atoms with E-state index < -0.39 is 10.0 Å². The van der Waals surface area contributed by atoms with Crippen LogP contribution in [0.3, 0.4) is 0 Å². The zero-order valence-corrected chi connectivity index (χ0v) is 22.8. The van der Waals surface area contributed by atoms with E-state index in [0.717, 1.165) is 54.9 Å². The Labute approximate surface area is 223 Å². The second-order valence-electron chi connectivity index (χ2n) is 10.1. The molecule has 5 rings (SSSR count). The molecule has 0 bridgehead atoms. The normalized spacial score (nSPS) is 16.0. The summed E-state index contributed by atoms with van der Waals surface area (Å²) in [4.78, 5) is 6.81. The summed E-state index contributed by atoms with van der Waals surface area (Å²) in [5.41, 5.74) is 5.35. The van der Waals surface area contributed by atoms with Crippen LogP contribution in [-0.4, -0.2) is 72.1 Å². The lowest BCUT2D eigenvalue weighted by atomic mass is 9.89. The molecule has 2 N–H and O–H groups in total. The number of hydrogen-bond acceptors (Lipinski definition) is 7. The fourth-order valence-corrected chi connectivity index (χ4v) is 5.52. The van der Waals surface area contributed by atoms with Gasteiger partial charge in [0, 0.05) is 24.8 Å². The maximum absolute atomic E-state index is 12.0. The number of fused-ring (bicyclic) bond motifs is 1. The van der Waals surface area contributed by atoms with Crippen LogP contribution in [0.15, 0.2) is 66.9 Å². The SMILES string of the molecule is C[C@H](O)CN1CCC(c2ccc(Nc3ncc4ccc(-c5cccc(N(C)S(C)(=O)=O)c5)n4n3)cc2)CC1. The average Bonchev–Trinajstić information content (AvgIpc) is 3.32. The van der Waals surface area contributed by atoms with Gasteiger partial charge in [-0.05, 0) is 80.7 Å². The van der Waals surface area contributed by atoms with Crippen LogP contribution < -0.4 is 9.62 Å². The summed E-state index contributed by atoms with van der Waals surface area (Å²) < 4.78 is 27.1. The van der Waals surface area contributed by atoms with E-state index in [-0.39, 0.29) is 6.10 Å². The molecule has 2 aromatic heterocycles. The molecule has 1 aliphatic rings. The summed E-state index contributed by atoms with van der Waals surface area (Å²) in [5, 5.41) is 17.7. The van der Waals surface area contributed by atoms with Gasteiger partial charge in [-0.1, -0.05) is 24.3 Å². The van der Waals surface area contributed by atoms with Crippen molar-refractivity contribution in [1.29, 1.82) is 0 Å². The second kappa shape index (κ2) is 10.7. The molecule has 1 saturated heterocycles. The minimum Gasteiger partial charge on any atom is -0.392 e. The van der Waals surface area contributed by atoms with E-state index in [1.807, 2.05) is 41.8 Å². The highest BCUT2D eigenvalue weighted by molar-refractivity contribution is 7.92. The summed E-state index contributed by atoms with van der Waals surface area (Å²) >= 11 is 0. The van der Waals surface area contributed by atoms with Gasteiger partial charge in [-0.15, -0.1) is 5.10 Å². The number of aliphatic hydroxyl groups is 1. The molecule has 0 radical (unpaired) electrons. The Kier molecular flexibility index (Phi) is 7.38. The molecular formula is C28H34N6O3S. The highest BCUT2D eigenvalue weighted by Crippen LogP contribution is 2.30. The average molecular weight is 535 g/mol. The van der Waals surface area contributed by atoms with Crippen molar-refractivity contribution >= 4 is 32.9 Å². The Balaban J connectivity index is 1.31. The van der Waals surface area contributed by atoms with Gasteiger partial charge in [-0.25, -0.2) is 17.9 Å². The lowest BCUT2D eigenvalue weighted by Crippen LogP contribution is -2.37. The Morgan fingerprint density at radius 2 is 1.84 bits per heavy atom. The lowest BCUT2D eigenvalue weighted by Gasteiger charge is -2.32. The monoisotopic (exact) mass is 534 g/mol. The first-order chi connectivity index (χ1) is 18.2. The van der Waals surface area contributed by atoms with Crippen LogP contribution in [0.4, 0.5) is 17.3 Å². The van der Waals surface area contributed by atoms with Crippen LogP contribution in [0.5, 0.6) is 0 Å². The molecule has 2 aromatic carbocycles. The number of piperidine rings is 1. The molecule has 0 amide bonds. The van der Waals surface area contributed by atoms with Crippen molar-refractivity contribution in [1.82, 2.24) is 19.5 Å². The highest BCUT2D eigenvalue weighted by atomic mass is 32.2. The molecule has 9 nitrogen and oxygen atoms in total. The number of sulfonamides is 1. The minimum atomic E-state index is -3.36. The molecule has 38 heavy (non-hydrogen) atoms. The third-order valence-corrected chi connectivity index (χ3v) is 8.36. The first kappa shape index (κ1) is 26.1. The Morgan fingerprint density at radius 3 is 2.53 bits per heavy atom. The van der Waals surface area contributed by atoms with Gasteiger partial charge in [-0.3, -0.25) is 4.31 Å². The molecular weight excluding hydrogens is 500 g/mol. The largest absolute Gasteiger partial charge is 0.392 e. The number of hydrogen-bond donors (Lipinski definition) is 2. The molecule has 0 spiro atoms. The lowest BCUT2D eigenvalue weighted by molar-refractivity contribution is 0.109. The molecule has 10 heteroatoms. The van der Waals surface area contributed by atoms with E-state index in [9.17, 15) is 13.5 Å². The van der Waals surface area contributed by atoms with Crippen LogP contribution in [0.2, 0.25) is 0 Å². The second-order valence-corrected chi connectivity index (χ2v) is 12.1. The number of nitrogens with zero attached hydrogens (tertiary/aromatic N) is 5. The van der Waals surface area contributed by atoms with E-state index in [2.05, 4.69) is 39.5 Å². The Morgan fingerprint density at radius 1 is 1.11 bits per heavy atom. The van der Waals surface area contributed by atoms with Crippen molar-refractivity contribution in [2.24, 2.45) is 0 Å². The molecule has 0 aliphatic carbocycles. The maximum Gasteiger partial charge on any atom is 0.245 e. The summed E-state index contributed by atoms with van der Waals surface area (Å²) in [5.74, 6) is 1.00. The zero-order chi connectivity index (χ0) is 26.9. The van der Waals surface area contributed by atoms with Crippen molar-refractivity contribution in [2.75, 3.05) is 42.6 Å². The number of β-amino-alcohol motifs (C(OH)–C–C–N with tert-alkyl or cyclic N) is 1. The molecule has 200 valence electrons. The van der Waals surface area contributed by atoms with Crippen molar-refractivity contribution in [3.05, 3.63) is 72.4 Å². The smallest absolute Gasteiger partial charge is 0.245 e. The van der Waals surface area contributed by atoms with E-state index in [1.165, 1.54) is 16.1 Å². The van der Waals surface area contributed by atoms with Gasteiger partial charge in [0.2, 0.25) is 16.0 Å². The third-order valence-electron chi connectivity index (χ3n) is 7.15. The van der Waals surface area contributed by atoms with E-state index in [0.29, 0.717) is 17.6 Å². The van der Waals surface area contributed by atoms with Crippen LogP contribution >= 0.6 is 0 Å². The number of nitrogens with one attached hydrogen (secondary N) is 1. The van der Waals surface area contributed by atoms with Crippen LogP contribution in [-0.2, 0) is 10.0 Å². The zero-order valence-electron chi connectivity index (χ0n) is 21.9. The Bertz CT molecular complexity index is 1510. The summed E-state index contributed by atoms with van der Waals surface area (Å²) in [6.07, 6.45) is 4.86.